The molecule has 150 valence electrons. The zero-order chi connectivity index (χ0) is 20.5. The van der Waals surface area contributed by atoms with Crippen molar-refractivity contribution in [2.75, 3.05) is 23.0 Å². The topological polar surface area (TPSA) is 171 Å². The number of hydrogen-bond acceptors (Lipinski definition) is 12. The Morgan fingerprint density at radius 3 is 2.08 bits per heavy atom. The van der Waals surface area contributed by atoms with Crippen LogP contribution in [0.15, 0.2) is 0 Å². The van der Waals surface area contributed by atoms with Gasteiger partial charge >= 0.3 is 11.9 Å². The molecule has 26 heavy (non-hydrogen) atoms. The maximum Gasteiger partial charge on any atom is 0.351 e. The minimum absolute atomic E-state index is 0.0616. The SMILES string of the molecule is NC(=O)C(CS)N(N[C@@](N)(CS)C(=O)OC(=O)[C@@H](N)CS)C(=O)CCS. The number of nitrogens with two attached hydrogens (primary N) is 3. The van der Waals surface area contributed by atoms with Crippen molar-refractivity contribution in [2.45, 2.75) is 24.2 Å². The highest BCUT2D eigenvalue weighted by atomic mass is 32.1. The predicted molar refractivity (Wildman–Crippen MR) is 109 cm³/mol. The number of hydrazine groups is 1. The van der Waals surface area contributed by atoms with Crippen LogP contribution in [0.2, 0.25) is 0 Å². The molecule has 0 aromatic heterocycles. The summed E-state index contributed by atoms with van der Waals surface area (Å²) < 4.78 is 4.60. The first-order valence-corrected chi connectivity index (χ1v) is 9.74. The van der Waals surface area contributed by atoms with E-state index >= 15 is 0 Å². The lowest BCUT2D eigenvalue weighted by atomic mass is 10.2. The largest absolute Gasteiger partial charge is 0.389 e. The third-order valence-electron chi connectivity index (χ3n) is 3.03. The molecule has 0 aliphatic heterocycles. The molecule has 0 aliphatic carbocycles. The summed E-state index contributed by atoms with van der Waals surface area (Å²) in [5, 5.41) is 0.770. The van der Waals surface area contributed by atoms with Crippen LogP contribution in [0.3, 0.4) is 0 Å². The van der Waals surface area contributed by atoms with Crippen molar-refractivity contribution in [2.24, 2.45) is 17.2 Å². The van der Waals surface area contributed by atoms with Gasteiger partial charge in [0.2, 0.25) is 11.8 Å². The molecular weight excluding hydrogens is 422 g/mol. The summed E-state index contributed by atoms with van der Waals surface area (Å²) in [4.78, 5) is 47.8. The van der Waals surface area contributed by atoms with Gasteiger partial charge in [0.05, 0.1) is 0 Å². The second kappa shape index (κ2) is 11.9. The number of ether oxygens (including phenoxy) is 1. The lowest BCUT2D eigenvalue weighted by Gasteiger charge is -2.36. The third-order valence-corrected chi connectivity index (χ3v) is 4.50. The van der Waals surface area contributed by atoms with E-state index in [9.17, 15) is 19.2 Å². The Labute approximate surface area is 172 Å². The van der Waals surface area contributed by atoms with E-state index in [4.69, 9.17) is 17.2 Å². The van der Waals surface area contributed by atoms with Gasteiger partial charge in [-0.1, -0.05) is 0 Å². The Morgan fingerprint density at radius 1 is 1.12 bits per heavy atom. The maximum atomic E-state index is 12.3. The van der Waals surface area contributed by atoms with Gasteiger partial charge in [0, 0.05) is 23.7 Å². The number of esters is 2. The molecule has 14 heteroatoms. The van der Waals surface area contributed by atoms with Crippen LogP contribution in [0, 0.1) is 0 Å². The highest BCUT2D eigenvalue weighted by molar-refractivity contribution is 7.80. The van der Waals surface area contributed by atoms with Gasteiger partial charge in [-0.15, -0.1) is 0 Å². The Morgan fingerprint density at radius 2 is 1.69 bits per heavy atom. The second-order valence-corrected chi connectivity index (χ2v) is 6.57. The summed E-state index contributed by atoms with van der Waals surface area (Å²) >= 11 is 15.7. The molecule has 2 amide bonds. The van der Waals surface area contributed by atoms with Crippen LogP contribution in [-0.4, -0.2) is 69.5 Å². The van der Waals surface area contributed by atoms with Crippen molar-refractivity contribution in [1.82, 2.24) is 10.4 Å². The third kappa shape index (κ3) is 7.17. The summed E-state index contributed by atoms with van der Waals surface area (Å²) in [6.45, 7) is 0. The molecule has 10 nitrogen and oxygen atoms in total. The number of nitrogens with one attached hydrogen (secondary N) is 1. The van der Waals surface area contributed by atoms with E-state index in [-0.39, 0.29) is 23.7 Å². The first kappa shape index (κ1) is 25.4. The molecule has 1 unspecified atom stereocenters. The van der Waals surface area contributed by atoms with Gasteiger partial charge in [-0.3, -0.25) is 14.6 Å². The van der Waals surface area contributed by atoms with Crippen molar-refractivity contribution in [3.8, 4) is 0 Å². The average molecular weight is 446 g/mol. The summed E-state index contributed by atoms with van der Waals surface area (Å²) in [6, 6.07) is -2.37. The molecule has 0 aromatic carbocycles. The van der Waals surface area contributed by atoms with E-state index in [1.54, 1.807) is 0 Å². The quantitative estimate of drug-likeness (QED) is 0.0559. The van der Waals surface area contributed by atoms with E-state index in [0.29, 0.717) is 0 Å². The van der Waals surface area contributed by atoms with Crippen LogP contribution in [0.5, 0.6) is 0 Å². The van der Waals surface area contributed by atoms with Crippen LogP contribution < -0.4 is 22.6 Å². The molecule has 0 spiro atoms. The van der Waals surface area contributed by atoms with Gasteiger partial charge in [-0.2, -0.15) is 55.9 Å². The minimum Gasteiger partial charge on any atom is -0.389 e. The molecule has 0 aromatic rings. The first-order valence-electron chi connectivity index (χ1n) is 7.21. The molecule has 7 N–H and O–H groups in total. The summed E-state index contributed by atoms with van der Waals surface area (Å²) in [6.07, 6.45) is -0.0885. The highest BCUT2D eigenvalue weighted by Crippen LogP contribution is 2.10. The van der Waals surface area contributed by atoms with E-state index in [2.05, 4.69) is 60.7 Å². The Kier molecular flexibility index (Phi) is 11.7. The Bertz CT molecular complexity index is 540. The van der Waals surface area contributed by atoms with Crippen LogP contribution in [0.4, 0.5) is 0 Å². The van der Waals surface area contributed by atoms with Crippen LogP contribution >= 0.6 is 50.5 Å². The first-order chi connectivity index (χ1) is 12.1. The van der Waals surface area contributed by atoms with Gasteiger partial charge in [0.1, 0.15) is 12.1 Å². The maximum absolute atomic E-state index is 12.3. The molecule has 0 rings (SSSR count). The molecule has 0 radical (unpaired) electrons. The van der Waals surface area contributed by atoms with Gasteiger partial charge in [0.25, 0.3) is 0 Å². The standard InChI is InChI=1S/C12H23N5O5S4/c13-6(3-24)10(20)22-11(21)12(15,5-26)16-17(8(18)1-2-23)7(4-25)9(14)19/h6-7,16,23-26H,1-5,13,15H2,(H2,14,19)/t6-,7?,12-/m0/s1. The number of thiol groups is 4. The van der Waals surface area contributed by atoms with Crippen molar-refractivity contribution in [3.63, 3.8) is 0 Å². The Balaban J connectivity index is 5.56. The van der Waals surface area contributed by atoms with Crippen molar-refractivity contribution in [1.29, 1.82) is 0 Å². The van der Waals surface area contributed by atoms with E-state index in [1.807, 2.05) is 0 Å². The van der Waals surface area contributed by atoms with E-state index < -0.39 is 47.3 Å². The number of primary amides is 1. The number of nitrogens with zero attached hydrogens (tertiary/aromatic N) is 1. The van der Waals surface area contributed by atoms with E-state index in [1.165, 1.54) is 0 Å². The van der Waals surface area contributed by atoms with Gasteiger partial charge in [-0.25, -0.2) is 9.59 Å². The smallest absolute Gasteiger partial charge is 0.351 e. The normalized spacial score (nSPS) is 15.5. The van der Waals surface area contributed by atoms with Gasteiger partial charge < -0.3 is 21.9 Å². The molecule has 3 atom stereocenters. The molecule has 0 aliphatic rings. The predicted octanol–water partition coefficient (Wildman–Crippen LogP) is -2.67. The number of rotatable bonds is 11. The minimum atomic E-state index is -2.13. The lowest BCUT2D eigenvalue weighted by Crippen LogP contribution is -2.71. The number of amides is 2. The molecule has 0 saturated carbocycles. The van der Waals surface area contributed by atoms with Crippen molar-refractivity contribution < 1.29 is 23.9 Å². The molecule has 0 heterocycles. The fourth-order valence-corrected chi connectivity index (χ4v) is 2.41. The van der Waals surface area contributed by atoms with Crippen molar-refractivity contribution >= 4 is 74.3 Å². The summed E-state index contributed by atoms with van der Waals surface area (Å²) in [7, 11) is 0. The molecule has 0 fully saturated rings. The second-order valence-electron chi connectivity index (χ2n) is 5.08. The molecule has 0 saturated heterocycles. The van der Waals surface area contributed by atoms with Crippen molar-refractivity contribution in [3.05, 3.63) is 0 Å². The van der Waals surface area contributed by atoms with Crippen LogP contribution in [0.25, 0.3) is 0 Å². The monoisotopic (exact) mass is 445 g/mol. The summed E-state index contributed by atoms with van der Waals surface area (Å²) in [5.41, 5.74) is 16.8. The van der Waals surface area contributed by atoms with Gasteiger partial charge in [-0.05, 0) is 5.75 Å². The Hall–Kier alpha value is -0.640. The van der Waals surface area contributed by atoms with Crippen LogP contribution in [-0.2, 0) is 23.9 Å². The van der Waals surface area contributed by atoms with Crippen LogP contribution in [0.1, 0.15) is 6.42 Å². The number of hydrogen-bond donors (Lipinski definition) is 8. The molecular formula is C12H23N5O5S4. The number of carbonyl (C=O) groups excluding carboxylic acids is 4. The lowest BCUT2D eigenvalue weighted by molar-refractivity contribution is -0.167. The fraction of sp³-hybridized carbons (Fsp3) is 0.667. The zero-order valence-electron chi connectivity index (χ0n) is 13.7. The average Bonchev–Trinajstić information content (AvgIpc) is 2.60. The zero-order valence-corrected chi connectivity index (χ0v) is 17.3. The van der Waals surface area contributed by atoms with E-state index in [0.717, 1.165) is 5.01 Å². The van der Waals surface area contributed by atoms with Gasteiger partial charge in [0.15, 0.2) is 5.66 Å². The summed E-state index contributed by atoms with van der Waals surface area (Å²) in [5.74, 6) is -4.26. The highest BCUT2D eigenvalue weighted by Gasteiger charge is 2.41. The number of carbonyl (C=O) groups is 4. The molecule has 0 bridgehead atoms. The fourth-order valence-electron chi connectivity index (χ4n) is 1.52.